The summed E-state index contributed by atoms with van der Waals surface area (Å²) in [7, 11) is 0. The fourth-order valence-corrected chi connectivity index (χ4v) is 0. The standard InChI is InChI=1S/2Al.Ba.Mg.Mn.4O.Sr.4H/q;;;+2;;;;2*-1;;;;;. The van der Waals surface area contributed by atoms with Crippen molar-refractivity contribution in [1.29, 1.82) is 0 Å². The van der Waals surface area contributed by atoms with Gasteiger partial charge in [0.05, 0.1) is 0 Å². The molecule has 4 nitrogen and oxygen atoms in total. The van der Waals surface area contributed by atoms with E-state index < -0.39 is 31.0 Å². The van der Waals surface area contributed by atoms with Gasteiger partial charge in [-0.1, -0.05) is 0 Å². The Balaban J connectivity index is -0.00000000571. The van der Waals surface area contributed by atoms with Crippen LogP contribution in [0.4, 0.5) is 0 Å². The molecule has 10 heavy (non-hydrogen) atoms. The summed E-state index contributed by atoms with van der Waals surface area (Å²) in [5.41, 5.74) is 0. The van der Waals surface area contributed by atoms with Crippen LogP contribution in [0.5, 0.6) is 0 Å². The van der Waals surface area contributed by atoms with Crippen molar-refractivity contribution in [3.8, 4) is 0 Å². The van der Waals surface area contributed by atoms with E-state index in [4.69, 9.17) is 15.9 Å². The molecule has 0 saturated heterocycles. The van der Waals surface area contributed by atoms with E-state index in [1.807, 2.05) is 0 Å². The number of hydrogen-bond donors (Lipinski definition) is 0. The average molecular weight is 426 g/mol. The molecular formula is H4Al2BaMgMnO4Sr. The molecule has 1 radical (unpaired) electrons. The van der Waals surface area contributed by atoms with Gasteiger partial charge in [-0.2, -0.15) is 0 Å². The monoisotopic (exact) mass is 427 g/mol. The fourth-order valence-electron chi connectivity index (χ4n) is 0. The summed E-state index contributed by atoms with van der Waals surface area (Å²) < 4.78 is 33.8. The van der Waals surface area contributed by atoms with Gasteiger partial charge in [0.1, 0.15) is 0 Å². The van der Waals surface area contributed by atoms with Crippen molar-refractivity contribution in [3.05, 3.63) is 0 Å². The Morgan fingerprint density at radius 2 is 1.00 bits per heavy atom. The van der Waals surface area contributed by atoms with Crippen LogP contribution in [0.3, 0.4) is 0 Å². The fraction of sp³-hybridized carbons (Fsp3) is 0. The molecule has 10 heteroatoms. The zero-order valence-corrected chi connectivity index (χ0v) is 8.78. The maximum atomic E-state index is 8.46. The van der Waals surface area contributed by atoms with Gasteiger partial charge in [-0.15, -0.1) is 0 Å². The van der Waals surface area contributed by atoms with Gasteiger partial charge in [-0.3, -0.25) is 0 Å². The summed E-state index contributed by atoms with van der Waals surface area (Å²) in [6.07, 6.45) is 0. The van der Waals surface area contributed by atoms with Gasteiger partial charge < -0.3 is 0 Å². The number of hydrogen-bond acceptors (Lipinski definition) is 4. The van der Waals surface area contributed by atoms with Gasteiger partial charge in [0, 0.05) is 17.1 Å². The summed E-state index contributed by atoms with van der Waals surface area (Å²) in [5, 5.41) is 0. The topological polar surface area (TPSA) is 80.3 Å². The second-order valence-corrected chi connectivity index (χ2v) is 0.577. The minimum atomic E-state index is -1.75. The van der Waals surface area contributed by atoms with Crippen LogP contribution in [0.1, 0.15) is 0 Å². The number of rotatable bonds is 0. The van der Waals surface area contributed by atoms with Gasteiger partial charge in [0.2, 0.25) is 0 Å². The molecule has 47 valence electrons. The van der Waals surface area contributed by atoms with Gasteiger partial charge in [0.25, 0.3) is 0 Å². The molecule has 0 saturated carbocycles. The summed E-state index contributed by atoms with van der Waals surface area (Å²) in [6, 6.07) is 0. The van der Waals surface area contributed by atoms with Crippen LogP contribution < -0.4 is 8.32 Å². The molecule has 0 aliphatic rings. The molecule has 0 bridgehead atoms. The Morgan fingerprint density at radius 1 is 1.00 bits per heavy atom. The second-order valence-electron chi connectivity index (χ2n) is 0.192. The van der Waals surface area contributed by atoms with Crippen molar-refractivity contribution in [2.75, 3.05) is 0 Å². The Kier molecular flexibility index (Phi) is 181. The first-order chi connectivity index (χ1) is 2.83. The van der Waals surface area contributed by atoms with Crippen LogP contribution in [0.15, 0.2) is 0 Å². The summed E-state index contributed by atoms with van der Waals surface area (Å²) in [5.74, 6) is 0. The van der Waals surface area contributed by atoms with Crippen molar-refractivity contribution in [3.63, 3.8) is 0 Å². The van der Waals surface area contributed by atoms with E-state index in [0.717, 1.165) is 0 Å². The van der Waals surface area contributed by atoms with E-state index in [9.17, 15) is 0 Å². The van der Waals surface area contributed by atoms with E-state index in [1.54, 1.807) is 0 Å². The van der Waals surface area contributed by atoms with E-state index in [0.29, 0.717) is 0 Å². The van der Waals surface area contributed by atoms with Crippen molar-refractivity contribution >= 4 is 148 Å². The first-order valence-electron chi connectivity index (χ1n) is 0.943. The molecular weight excluding hydrogens is 422 g/mol. The first-order valence-corrected chi connectivity index (χ1v) is 2.83. The molecule has 0 atom stereocenters. The van der Waals surface area contributed by atoms with Gasteiger partial charge in [0.15, 0.2) is 0 Å². The van der Waals surface area contributed by atoms with Crippen molar-refractivity contribution in [2.24, 2.45) is 0 Å². The zero-order valence-electron chi connectivity index (χ0n) is 3.87. The molecule has 0 amide bonds. The Hall–Kier alpha value is 4.60. The van der Waals surface area contributed by atoms with Gasteiger partial charge >= 0.3 is 164 Å². The molecule has 0 N–H and O–H groups in total. The van der Waals surface area contributed by atoms with Crippen LogP contribution in [0.2, 0.25) is 0 Å². The summed E-state index contributed by atoms with van der Waals surface area (Å²) in [6.45, 7) is 0. The molecule has 0 fully saturated rings. The third-order valence-electron chi connectivity index (χ3n) is 0. The second kappa shape index (κ2) is 49.6. The SMILES string of the molecule is [BaH2].[Mg+2].[Mn].[O]=[Al][O-].[O]=[Al][O-].[SrH2]. The Morgan fingerprint density at radius 3 is 1.00 bits per heavy atom. The van der Waals surface area contributed by atoms with Crippen LogP contribution >= 0.6 is 0 Å². The molecule has 0 aromatic rings. The Bertz CT molecular complexity index is 44.2. The van der Waals surface area contributed by atoms with Gasteiger partial charge in [-0.05, 0) is 0 Å². The quantitative estimate of drug-likeness (QED) is 0.362. The predicted octanol–water partition coefficient (Wildman–Crippen LogP) is -5.59. The molecule has 0 rings (SSSR count). The van der Waals surface area contributed by atoms with Crippen LogP contribution in [0.25, 0.3) is 0 Å². The average Bonchev–Trinajstić information content (AvgIpc) is 1.39. The van der Waals surface area contributed by atoms with E-state index in [1.165, 1.54) is 0 Å². The van der Waals surface area contributed by atoms with Crippen LogP contribution in [0, 0.1) is 0 Å². The van der Waals surface area contributed by atoms with E-state index in [-0.39, 0.29) is 134 Å². The first kappa shape index (κ1) is 36.5. The summed E-state index contributed by atoms with van der Waals surface area (Å²) in [4.78, 5) is 0. The normalized spacial score (nSPS) is 1.60. The van der Waals surface area contributed by atoms with Crippen molar-refractivity contribution < 1.29 is 33.0 Å². The third kappa shape index (κ3) is 80.1. The van der Waals surface area contributed by atoms with Crippen molar-refractivity contribution in [2.45, 2.75) is 0 Å². The molecule has 0 unspecified atom stereocenters. The third-order valence-corrected chi connectivity index (χ3v) is 0. The van der Waals surface area contributed by atoms with Crippen LogP contribution in [-0.4, -0.2) is 148 Å². The van der Waals surface area contributed by atoms with E-state index in [2.05, 4.69) is 0 Å². The molecule has 0 aliphatic carbocycles. The summed E-state index contributed by atoms with van der Waals surface area (Å²) >= 11 is -3.50. The molecule has 0 aliphatic heterocycles. The van der Waals surface area contributed by atoms with Gasteiger partial charge in [-0.25, -0.2) is 0 Å². The molecule has 0 aromatic carbocycles. The molecule has 0 heterocycles. The Labute approximate surface area is 176 Å². The zero-order chi connectivity index (χ0) is 5.41. The minimum absolute atomic E-state index is 0. The molecule has 0 aromatic heterocycles. The van der Waals surface area contributed by atoms with Crippen LogP contribution in [-0.2, 0) is 24.7 Å². The predicted molar refractivity (Wildman–Crippen MR) is 35.7 cm³/mol. The molecule has 0 spiro atoms. The van der Waals surface area contributed by atoms with Crippen molar-refractivity contribution in [1.82, 2.24) is 0 Å². The maximum absolute atomic E-state index is 8.46. The van der Waals surface area contributed by atoms with E-state index >= 15 is 0 Å².